The van der Waals surface area contributed by atoms with Gasteiger partial charge >= 0.3 is 16.6 Å². The minimum Gasteiger partial charge on any atom is -0.396 e. The van der Waals surface area contributed by atoms with E-state index in [0.29, 0.717) is 12.8 Å². The van der Waals surface area contributed by atoms with Crippen molar-refractivity contribution in [2.24, 2.45) is 0 Å². The van der Waals surface area contributed by atoms with Crippen LogP contribution in [-0.2, 0) is 19.1 Å². The summed E-state index contributed by atoms with van der Waals surface area (Å²) in [7, 11) is -3.84. The Morgan fingerprint density at radius 1 is 1.36 bits per heavy atom. The lowest BCUT2D eigenvalue weighted by molar-refractivity contribution is -0.120. The molecular formula is C7H14O6S. The number of carbonyl (C=O) groups excluding carboxylic acids is 1. The smallest absolute Gasteiger partial charge is 0.311 e. The normalized spacial score (nSPS) is 13.6. The highest BCUT2D eigenvalue weighted by Crippen LogP contribution is 2.04. The van der Waals surface area contributed by atoms with Gasteiger partial charge in [-0.05, 0) is 19.3 Å². The summed E-state index contributed by atoms with van der Waals surface area (Å²) in [5, 5.41) is 17.6. The van der Waals surface area contributed by atoms with Crippen LogP contribution >= 0.6 is 0 Å². The third-order valence-corrected chi connectivity index (χ3v) is 2.69. The molecule has 1 unspecified atom stereocenters. The molecule has 84 valence electrons. The molecule has 0 bridgehead atoms. The van der Waals surface area contributed by atoms with E-state index in [1.54, 1.807) is 0 Å². The lowest BCUT2D eigenvalue weighted by Gasteiger charge is -2.08. The first kappa shape index (κ1) is 13.3. The number of rotatable bonds is 8. The van der Waals surface area contributed by atoms with Crippen LogP contribution in [0.4, 0.5) is 0 Å². The van der Waals surface area contributed by atoms with E-state index in [-0.39, 0.29) is 19.5 Å². The number of aliphatic hydroxyl groups excluding tert-OH is 2. The monoisotopic (exact) mass is 226 g/mol. The summed E-state index contributed by atoms with van der Waals surface area (Å²) in [6.45, 7) is -0.204. The third-order valence-electron chi connectivity index (χ3n) is 1.58. The predicted molar refractivity (Wildman–Crippen MR) is 47.9 cm³/mol. The minimum atomic E-state index is -3.84. The molecule has 0 fully saturated rings. The standard InChI is InChI=1S/C7H14O6S/c8-4-1-2-7(10)3-5-14(11,12)13-6-9/h6-8,10H,1-5H2. The maximum absolute atomic E-state index is 10.8. The number of hydrogen-bond donors (Lipinski definition) is 2. The van der Waals surface area contributed by atoms with Crippen molar-refractivity contribution in [2.75, 3.05) is 12.4 Å². The zero-order valence-electron chi connectivity index (χ0n) is 7.63. The van der Waals surface area contributed by atoms with Crippen molar-refractivity contribution in [3.8, 4) is 0 Å². The lowest BCUT2D eigenvalue weighted by atomic mass is 10.1. The van der Waals surface area contributed by atoms with E-state index >= 15 is 0 Å². The van der Waals surface area contributed by atoms with Crippen LogP contribution in [0.1, 0.15) is 19.3 Å². The van der Waals surface area contributed by atoms with Crippen molar-refractivity contribution in [3.63, 3.8) is 0 Å². The van der Waals surface area contributed by atoms with Crippen molar-refractivity contribution >= 4 is 16.6 Å². The largest absolute Gasteiger partial charge is 0.396 e. The first-order valence-corrected chi connectivity index (χ1v) is 5.73. The Balaban J connectivity index is 3.75. The van der Waals surface area contributed by atoms with Crippen LogP contribution in [-0.4, -0.2) is 43.6 Å². The average molecular weight is 226 g/mol. The summed E-state index contributed by atoms with van der Waals surface area (Å²) in [6, 6.07) is 0. The highest BCUT2D eigenvalue weighted by molar-refractivity contribution is 7.87. The molecule has 0 radical (unpaired) electrons. The molecule has 0 spiro atoms. The fourth-order valence-corrected chi connectivity index (χ4v) is 1.64. The van der Waals surface area contributed by atoms with Gasteiger partial charge in [-0.2, -0.15) is 8.42 Å². The molecule has 0 aromatic heterocycles. The van der Waals surface area contributed by atoms with E-state index in [1.807, 2.05) is 0 Å². The second-order valence-electron chi connectivity index (χ2n) is 2.76. The van der Waals surface area contributed by atoms with Gasteiger partial charge in [-0.25, -0.2) is 0 Å². The summed E-state index contributed by atoms with van der Waals surface area (Å²) < 4.78 is 25.4. The van der Waals surface area contributed by atoms with Crippen LogP contribution in [0.2, 0.25) is 0 Å². The fourth-order valence-electron chi connectivity index (χ4n) is 0.860. The van der Waals surface area contributed by atoms with E-state index < -0.39 is 22.0 Å². The van der Waals surface area contributed by atoms with E-state index in [1.165, 1.54) is 0 Å². The second kappa shape index (κ2) is 6.74. The van der Waals surface area contributed by atoms with Crippen LogP contribution < -0.4 is 0 Å². The molecule has 1 atom stereocenters. The number of carbonyl (C=O) groups is 1. The molecule has 0 aliphatic heterocycles. The van der Waals surface area contributed by atoms with Crippen LogP contribution in [0.15, 0.2) is 0 Å². The molecule has 0 aromatic rings. The topological polar surface area (TPSA) is 101 Å². The molecule has 6 nitrogen and oxygen atoms in total. The number of aliphatic hydroxyl groups is 2. The molecule has 0 heterocycles. The Morgan fingerprint density at radius 2 is 2.00 bits per heavy atom. The molecule has 0 rings (SSSR count). The van der Waals surface area contributed by atoms with E-state index in [2.05, 4.69) is 4.18 Å². The Labute approximate surface area is 82.6 Å². The van der Waals surface area contributed by atoms with Gasteiger partial charge < -0.3 is 14.4 Å². The second-order valence-corrected chi connectivity index (χ2v) is 4.48. The van der Waals surface area contributed by atoms with Gasteiger partial charge in [0.2, 0.25) is 0 Å². The Morgan fingerprint density at radius 3 is 2.50 bits per heavy atom. The van der Waals surface area contributed by atoms with Gasteiger partial charge in [0.25, 0.3) is 0 Å². The predicted octanol–water partition coefficient (Wildman–Crippen LogP) is -0.987. The molecule has 0 saturated heterocycles. The Bertz CT molecular complexity index is 247. The zero-order chi connectivity index (χ0) is 11.0. The first-order valence-electron chi connectivity index (χ1n) is 4.15. The van der Waals surface area contributed by atoms with Crippen LogP contribution in [0, 0.1) is 0 Å². The van der Waals surface area contributed by atoms with Gasteiger partial charge in [-0.3, -0.25) is 4.79 Å². The minimum absolute atomic E-state index is 0.00380. The Kier molecular flexibility index (Phi) is 6.43. The van der Waals surface area contributed by atoms with E-state index in [4.69, 9.17) is 5.11 Å². The molecule has 0 saturated carbocycles. The maximum Gasteiger partial charge on any atom is 0.311 e. The molecule has 0 aromatic carbocycles. The van der Waals surface area contributed by atoms with Gasteiger partial charge in [-0.1, -0.05) is 0 Å². The van der Waals surface area contributed by atoms with Crippen molar-refractivity contribution < 1.29 is 27.6 Å². The van der Waals surface area contributed by atoms with E-state index in [0.717, 1.165) is 0 Å². The molecule has 2 N–H and O–H groups in total. The summed E-state index contributed by atoms with van der Waals surface area (Å²) in [6.07, 6.45) is -0.0638. The average Bonchev–Trinajstić information content (AvgIpc) is 2.11. The Hall–Kier alpha value is -0.660. The third kappa shape index (κ3) is 6.81. The molecule has 0 aliphatic rings. The quantitative estimate of drug-likeness (QED) is 0.407. The highest BCUT2D eigenvalue weighted by Gasteiger charge is 2.14. The van der Waals surface area contributed by atoms with Crippen LogP contribution in [0.5, 0.6) is 0 Å². The molecule has 0 amide bonds. The SMILES string of the molecule is O=COS(=O)(=O)CCC(O)CCCO. The van der Waals surface area contributed by atoms with Crippen molar-refractivity contribution in [1.82, 2.24) is 0 Å². The van der Waals surface area contributed by atoms with E-state index in [9.17, 15) is 18.3 Å². The molecular weight excluding hydrogens is 212 g/mol. The van der Waals surface area contributed by atoms with Crippen LogP contribution in [0.3, 0.4) is 0 Å². The molecule has 7 heteroatoms. The van der Waals surface area contributed by atoms with Gasteiger partial charge in [0.05, 0.1) is 11.9 Å². The zero-order valence-corrected chi connectivity index (χ0v) is 8.44. The summed E-state index contributed by atoms with van der Waals surface area (Å²) in [5.74, 6) is -0.404. The lowest BCUT2D eigenvalue weighted by Crippen LogP contribution is -2.16. The van der Waals surface area contributed by atoms with Crippen molar-refractivity contribution in [2.45, 2.75) is 25.4 Å². The van der Waals surface area contributed by atoms with Gasteiger partial charge in [0.15, 0.2) is 0 Å². The molecule has 0 aliphatic carbocycles. The van der Waals surface area contributed by atoms with Gasteiger partial charge in [0, 0.05) is 6.61 Å². The van der Waals surface area contributed by atoms with Gasteiger partial charge in [0.1, 0.15) is 0 Å². The van der Waals surface area contributed by atoms with Gasteiger partial charge in [-0.15, -0.1) is 0 Å². The fraction of sp³-hybridized carbons (Fsp3) is 0.857. The maximum atomic E-state index is 10.8. The number of hydrogen-bond acceptors (Lipinski definition) is 6. The van der Waals surface area contributed by atoms with Crippen molar-refractivity contribution in [1.29, 1.82) is 0 Å². The summed E-state index contributed by atoms with van der Waals surface area (Å²) in [4.78, 5) is 9.74. The van der Waals surface area contributed by atoms with Crippen LogP contribution in [0.25, 0.3) is 0 Å². The summed E-state index contributed by atoms with van der Waals surface area (Å²) in [5.41, 5.74) is 0. The molecule has 14 heavy (non-hydrogen) atoms. The van der Waals surface area contributed by atoms with Crippen molar-refractivity contribution in [3.05, 3.63) is 0 Å². The first-order chi connectivity index (χ1) is 6.52. The highest BCUT2D eigenvalue weighted by atomic mass is 32.2. The summed E-state index contributed by atoms with van der Waals surface area (Å²) >= 11 is 0.